The van der Waals surface area contributed by atoms with Crippen molar-refractivity contribution in [2.75, 3.05) is 31.7 Å². The Kier molecular flexibility index (Phi) is 4.69. The van der Waals surface area contributed by atoms with E-state index in [-0.39, 0.29) is 5.75 Å². The van der Waals surface area contributed by atoms with E-state index in [9.17, 15) is 8.42 Å². The molecule has 0 saturated carbocycles. The van der Waals surface area contributed by atoms with Crippen molar-refractivity contribution < 1.29 is 8.42 Å². The molecule has 1 rings (SSSR count). The lowest BCUT2D eigenvalue weighted by molar-refractivity contribution is 0.521. The van der Waals surface area contributed by atoms with Gasteiger partial charge in [0.05, 0.1) is 11.4 Å². The van der Waals surface area contributed by atoms with Crippen LogP contribution in [0.5, 0.6) is 0 Å². The molecule has 1 aromatic rings. The first-order valence-corrected chi connectivity index (χ1v) is 7.53. The molecule has 0 unspecified atom stereocenters. The third-order valence-corrected chi connectivity index (χ3v) is 4.79. The van der Waals surface area contributed by atoms with Gasteiger partial charge < -0.3 is 5.32 Å². The zero-order valence-electron chi connectivity index (χ0n) is 9.73. The van der Waals surface area contributed by atoms with Crippen LogP contribution in [0.2, 0.25) is 0 Å². The molecule has 5 nitrogen and oxygen atoms in total. The van der Waals surface area contributed by atoms with Gasteiger partial charge in [-0.2, -0.15) is 0 Å². The van der Waals surface area contributed by atoms with Crippen molar-refractivity contribution in [2.45, 2.75) is 13.3 Å². The molecule has 0 aliphatic rings. The van der Waals surface area contributed by atoms with E-state index in [0.717, 1.165) is 17.2 Å². The van der Waals surface area contributed by atoms with Crippen LogP contribution in [0.4, 0.5) is 5.13 Å². The lowest BCUT2D eigenvalue weighted by Gasteiger charge is -2.10. The smallest absolute Gasteiger partial charge is 0.215 e. The van der Waals surface area contributed by atoms with Gasteiger partial charge in [-0.15, -0.1) is 11.3 Å². The molecule has 0 radical (unpaired) electrons. The zero-order chi connectivity index (χ0) is 12.2. The minimum atomic E-state index is -3.12. The number of sulfonamides is 1. The molecule has 16 heavy (non-hydrogen) atoms. The first-order chi connectivity index (χ1) is 7.45. The number of thiazole rings is 1. The second-order valence-corrected chi connectivity index (χ2v) is 6.68. The van der Waals surface area contributed by atoms with Crippen molar-refractivity contribution in [1.82, 2.24) is 9.29 Å². The minimum absolute atomic E-state index is 0.0844. The fraction of sp³-hybridized carbons (Fsp3) is 0.667. The lowest BCUT2D eigenvalue weighted by Crippen LogP contribution is -2.28. The van der Waals surface area contributed by atoms with E-state index in [1.165, 1.54) is 29.7 Å². The molecular weight excluding hydrogens is 246 g/mol. The molecule has 0 spiro atoms. The van der Waals surface area contributed by atoms with Gasteiger partial charge in [-0.1, -0.05) is 6.92 Å². The highest BCUT2D eigenvalue weighted by atomic mass is 32.2. The SMILES string of the molecule is CCc1csc(NCCS(=O)(=O)N(C)C)n1. The maximum Gasteiger partial charge on any atom is 0.215 e. The third-order valence-electron chi connectivity index (χ3n) is 2.11. The summed E-state index contributed by atoms with van der Waals surface area (Å²) in [5, 5.41) is 5.77. The summed E-state index contributed by atoms with van der Waals surface area (Å²) in [6.45, 7) is 2.42. The summed E-state index contributed by atoms with van der Waals surface area (Å²) in [6, 6.07) is 0. The summed E-state index contributed by atoms with van der Waals surface area (Å²) in [6.07, 6.45) is 0.897. The molecule has 7 heteroatoms. The van der Waals surface area contributed by atoms with Crippen LogP contribution >= 0.6 is 11.3 Å². The Hall–Kier alpha value is -0.660. The van der Waals surface area contributed by atoms with E-state index in [1.54, 1.807) is 0 Å². The van der Waals surface area contributed by atoms with E-state index in [0.29, 0.717) is 6.54 Å². The summed E-state index contributed by atoms with van der Waals surface area (Å²) in [7, 11) is -0.0482. The van der Waals surface area contributed by atoms with Gasteiger partial charge in [-0.25, -0.2) is 17.7 Å². The van der Waals surface area contributed by atoms with Crippen molar-refractivity contribution >= 4 is 26.5 Å². The van der Waals surface area contributed by atoms with Gasteiger partial charge in [0.25, 0.3) is 0 Å². The van der Waals surface area contributed by atoms with E-state index in [4.69, 9.17) is 0 Å². The molecule has 0 atom stereocenters. The van der Waals surface area contributed by atoms with Crippen LogP contribution in [0.25, 0.3) is 0 Å². The first-order valence-electron chi connectivity index (χ1n) is 5.04. The molecule has 0 aliphatic heterocycles. The van der Waals surface area contributed by atoms with Crippen molar-refractivity contribution in [3.63, 3.8) is 0 Å². The molecule has 92 valence electrons. The largest absolute Gasteiger partial charge is 0.360 e. The maximum absolute atomic E-state index is 11.5. The molecule has 1 aromatic heterocycles. The van der Waals surface area contributed by atoms with Crippen molar-refractivity contribution in [3.8, 4) is 0 Å². The Morgan fingerprint density at radius 2 is 2.19 bits per heavy atom. The highest BCUT2D eigenvalue weighted by Crippen LogP contribution is 2.15. The Bertz CT molecular complexity index is 426. The average Bonchev–Trinajstić information content (AvgIpc) is 2.65. The molecule has 1 N–H and O–H groups in total. The van der Waals surface area contributed by atoms with Crippen LogP contribution in [0.15, 0.2) is 5.38 Å². The van der Waals surface area contributed by atoms with Gasteiger partial charge in [-0.3, -0.25) is 0 Å². The summed E-state index contributed by atoms with van der Waals surface area (Å²) in [5.41, 5.74) is 1.03. The summed E-state index contributed by atoms with van der Waals surface area (Å²) >= 11 is 1.50. The Labute approximate surface area is 101 Å². The molecule has 0 fully saturated rings. The predicted molar refractivity (Wildman–Crippen MR) is 67.5 cm³/mol. The van der Waals surface area contributed by atoms with E-state index < -0.39 is 10.0 Å². The van der Waals surface area contributed by atoms with Crippen LogP contribution in [-0.2, 0) is 16.4 Å². The van der Waals surface area contributed by atoms with Crippen LogP contribution in [-0.4, -0.2) is 44.1 Å². The number of nitrogens with one attached hydrogen (secondary N) is 1. The highest BCUT2D eigenvalue weighted by Gasteiger charge is 2.12. The summed E-state index contributed by atoms with van der Waals surface area (Å²) in [5.74, 6) is 0.0844. The van der Waals surface area contributed by atoms with Crippen LogP contribution in [0.3, 0.4) is 0 Å². The van der Waals surface area contributed by atoms with Crippen molar-refractivity contribution in [2.24, 2.45) is 0 Å². The number of rotatable bonds is 6. The molecule has 0 aliphatic carbocycles. The van der Waals surface area contributed by atoms with Gasteiger partial charge in [0, 0.05) is 26.0 Å². The summed E-state index contributed by atoms with van der Waals surface area (Å²) < 4.78 is 24.1. The lowest BCUT2D eigenvalue weighted by atomic mass is 10.4. The molecule has 1 heterocycles. The number of nitrogens with zero attached hydrogens (tertiary/aromatic N) is 2. The number of anilines is 1. The monoisotopic (exact) mass is 263 g/mol. The number of aryl methyl sites for hydroxylation is 1. The van der Waals surface area contributed by atoms with E-state index in [1.807, 2.05) is 12.3 Å². The maximum atomic E-state index is 11.5. The topological polar surface area (TPSA) is 62.3 Å². The van der Waals surface area contributed by atoms with Gasteiger partial charge in [0.2, 0.25) is 10.0 Å². The molecular formula is C9H17N3O2S2. The fourth-order valence-corrected chi connectivity index (χ4v) is 2.57. The predicted octanol–water partition coefficient (Wildman–Crippen LogP) is 1.01. The Morgan fingerprint density at radius 3 is 2.69 bits per heavy atom. The van der Waals surface area contributed by atoms with Crippen molar-refractivity contribution in [3.05, 3.63) is 11.1 Å². The molecule has 0 amide bonds. The average molecular weight is 263 g/mol. The first kappa shape index (κ1) is 13.4. The van der Waals surface area contributed by atoms with Crippen LogP contribution < -0.4 is 5.32 Å². The standard InChI is InChI=1S/C9H17N3O2S2/c1-4-8-7-15-9(11-8)10-5-6-16(13,14)12(2)3/h7H,4-6H2,1-3H3,(H,10,11). The van der Waals surface area contributed by atoms with Gasteiger partial charge in [0.1, 0.15) is 0 Å². The number of aromatic nitrogens is 1. The van der Waals surface area contributed by atoms with Gasteiger partial charge in [0.15, 0.2) is 5.13 Å². The summed E-state index contributed by atoms with van der Waals surface area (Å²) in [4.78, 5) is 4.29. The minimum Gasteiger partial charge on any atom is -0.360 e. The Balaban J connectivity index is 2.42. The third kappa shape index (κ3) is 3.73. The molecule has 0 bridgehead atoms. The molecule has 0 saturated heterocycles. The highest BCUT2D eigenvalue weighted by molar-refractivity contribution is 7.89. The zero-order valence-corrected chi connectivity index (χ0v) is 11.4. The van der Waals surface area contributed by atoms with E-state index in [2.05, 4.69) is 10.3 Å². The fourth-order valence-electron chi connectivity index (χ4n) is 1.02. The quantitative estimate of drug-likeness (QED) is 0.832. The molecule has 0 aromatic carbocycles. The second-order valence-electron chi connectivity index (χ2n) is 3.52. The number of hydrogen-bond acceptors (Lipinski definition) is 5. The number of hydrogen-bond donors (Lipinski definition) is 1. The Morgan fingerprint density at radius 1 is 1.50 bits per heavy atom. The second kappa shape index (κ2) is 5.60. The van der Waals surface area contributed by atoms with Crippen molar-refractivity contribution in [1.29, 1.82) is 0 Å². The van der Waals surface area contributed by atoms with E-state index >= 15 is 0 Å². The van der Waals surface area contributed by atoms with Crippen LogP contribution in [0.1, 0.15) is 12.6 Å². The van der Waals surface area contributed by atoms with Gasteiger partial charge >= 0.3 is 0 Å². The van der Waals surface area contributed by atoms with Crippen LogP contribution in [0, 0.1) is 0 Å². The van der Waals surface area contributed by atoms with Gasteiger partial charge in [-0.05, 0) is 6.42 Å². The normalized spacial score (nSPS) is 12.0.